The minimum atomic E-state index is -5.07. The maximum absolute atomic E-state index is 13.7. The molecule has 0 unspecified atom stereocenters. The normalized spacial score (nSPS) is 11.8. The molecule has 0 spiro atoms. The molecule has 1 heterocycles. The van der Waals surface area contributed by atoms with E-state index in [0.717, 1.165) is 11.6 Å². The Balaban J connectivity index is 1.88. The number of aryl methyl sites for hydroxylation is 1. The SMILES string of the molecule is Cc1ccc2oc(=O)c(CC(=O)Nc3cc(O)c(F)cc3C(F)(F)F)c(-c3cccc(/C=C/C(=O)O)c3Cl)c2c1. The van der Waals surface area contributed by atoms with Crippen molar-refractivity contribution in [2.75, 3.05) is 5.32 Å². The number of nitrogens with one attached hydrogen (secondary N) is 1. The number of rotatable bonds is 6. The second-order valence-electron chi connectivity index (χ2n) is 8.69. The van der Waals surface area contributed by atoms with E-state index in [2.05, 4.69) is 0 Å². The van der Waals surface area contributed by atoms with Crippen molar-refractivity contribution in [2.45, 2.75) is 19.5 Å². The molecule has 1 aromatic heterocycles. The zero-order valence-corrected chi connectivity index (χ0v) is 21.2. The molecule has 0 atom stereocenters. The Hall–Kier alpha value is -4.64. The zero-order valence-electron chi connectivity index (χ0n) is 20.4. The molecule has 4 rings (SSSR count). The van der Waals surface area contributed by atoms with Crippen LogP contribution in [-0.4, -0.2) is 22.1 Å². The van der Waals surface area contributed by atoms with Gasteiger partial charge in [-0.05, 0) is 36.8 Å². The van der Waals surface area contributed by atoms with Crippen molar-refractivity contribution < 1.29 is 41.8 Å². The van der Waals surface area contributed by atoms with Crippen molar-refractivity contribution in [3.63, 3.8) is 0 Å². The number of anilines is 1. The van der Waals surface area contributed by atoms with Gasteiger partial charge in [0.05, 0.1) is 28.3 Å². The van der Waals surface area contributed by atoms with Gasteiger partial charge in [-0.25, -0.2) is 14.0 Å². The smallest absolute Gasteiger partial charge is 0.418 e. The zero-order chi connectivity index (χ0) is 29.4. The molecule has 0 aliphatic carbocycles. The molecule has 1 amide bonds. The van der Waals surface area contributed by atoms with Crippen molar-refractivity contribution >= 4 is 46.2 Å². The molecular formula is C28H18ClF4NO6. The lowest BCUT2D eigenvalue weighted by Gasteiger charge is -2.17. The quantitative estimate of drug-likeness (QED) is 0.136. The number of carbonyl (C=O) groups excluding carboxylic acids is 1. The number of hydrogen-bond acceptors (Lipinski definition) is 5. The van der Waals surface area contributed by atoms with Crippen molar-refractivity contribution in [3.05, 3.63) is 98.1 Å². The Bertz CT molecular complexity index is 1760. The summed E-state index contributed by atoms with van der Waals surface area (Å²) in [5.41, 5.74) is -2.14. The summed E-state index contributed by atoms with van der Waals surface area (Å²) in [6.07, 6.45) is -3.77. The molecule has 7 nitrogen and oxygen atoms in total. The molecular weight excluding hydrogens is 558 g/mol. The highest BCUT2D eigenvalue weighted by Crippen LogP contribution is 2.40. The summed E-state index contributed by atoms with van der Waals surface area (Å²) in [6, 6.07) is 9.91. The number of carbonyl (C=O) groups is 2. The van der Waals surface area contributed by atoms with Crippen LogP contribution in [0.15, 0.2) is 63.8 Å². The Kier molecular flexibility index (Phi) is 7.70. The molecule has 40 heavy (non-hydrogen) atoms. The minimum absolute atomic E-state index is 0.0397. The standard InChI is InChI=1S/C28H18ClF4NO6/c1-13-5-7-22-16(9-13)25(15-4-2-3-14(26(15)29)6-8-24(37)38)17(27(39)40-22)10-23(36)34-20-12-21(35)19(30)11-18(20)28(31,32)33/h2-9,11-12,35H,10H2,1H3,(H,34,36)(H,37,38)/b8-6+. The fourth-order valence-electron chi connectivity index (χ4n) is 4.11. The summed E-state index contributed by atoms with van der Waals surface area (Å²) in [5, 5.41) is 21.0. The van der Waals surface area contributed by atoms with E-state index in [0.29, 0.717) is 11.5 Å². The van der Waals surface area contributed by atoms with Crippen LogP contribution in [0.2, 0.25) is 5.02 Å². The van der Waals surface area contributed by atoms with E-state index >= 15 is 0 Å². The maximum atomic E-state index is 13.7. The second-order valence-corrected chi connectivity index (χ2v) is 9.07. The fraction of sp³-hybridized carbons (Fsp3) is 0.107. The van der Waals surface area contributed by atoms with Crippen molar-refractivity contribution in [2.24, 2.45) is 0 Å². The van der Waals surface area contributed by atoms with Gasteiger partial charge in [-0.15, -0.1) is 0 Å². The molecule has 3 N–H and O–H groups in total. The predicted molar refractivity (Wildman–Crippen MR) is 140 cm³/mol. The molecule has 0 fully saturated rings. The number of aromatic hydroxyl groups is 1. The van der Waals surface area contributed by atoms with Gasteiger partial charge >= 0.3 is 17.8 Å². The van der Waals surface area contributed by atoms with E-state index in [1.54, 1.807) is 25.1 Å². The number of phenolic OH excluding ortho intramolecular Hbond substituents is 1. The Morgan fingerprint density at radius 1 is 1.12 bits per heavy atom. The summed E-state index contributed by atoms with van der Waals surface area (Å²) in [7, 11) is 0. The maximum Gasteiger partial charge on any atom is 0.418 e. The number of halogens is 5. The number of hydrogen-bond donors (Lipinski definition) is 3. The lowest BCUT2D eigenvalue weighted by Crippen LogP contribution is -2.22. The van der Waals surface area contributed by atoms with Crippen molar-refractivity contribution in [3.8, 4) is 16.9 Å². The van der Waals surface area contributed by atoms with Crippen LogP contribution in [0.25, 0.3) is 28.2 Å². The van der Waals surface area contributed by atoms with E-state index in [4.69, 9.17) is 21.1 Å². The van der Waals surface area contributed by atoms with E-state index in [1.807, 2.05) is 5.32 Å². The number of carboxylic acids is 1. The largest absolute Gasteiger partial charge is 0.505 e. The van der Waals surface area contributed by atoms with Crippen LogP contribution in [0.1, 0.15) is 22.3 Å². The number of fused-ring (bicyclic) bond motifs is 1. The summed E-state index contributed by atoms with van der Waals surface area (Å²) in [5.74, 6) is -4.99. The average molecular weight is 576 g/mol. The summed E-state index contributed by atoms with van der Waals surface area (Å²) >= 11 is 6.60. The molecule has 206 valence electrons. The van der Waals surface area contributed by atoms with Gasteiger partial charge in [0.1, 0.15) is 5.58 Å². The number of phenols is 1. The van der Waals surface area contributed by atoms with E-state index in [-0.39, 0.29) is 38.9 Å². The van der Waals surface area contributed by atoms with Crippen LogP contribution in [0.5, 0.6) is 5.75 Å². The Morgan fingerprint density at radius 3 is 2.52 bits per heavy atom. The van der Waals surface area contributed by atoms with Crippen LogP contribution < -0.4 is 10.9 Å². The van der Waals surface area contributed by atoms with Gasteiger partial charge in [0.2, 0.25) is 5.91 Å². The molecule has 0 bridgehead atoms. The highest BCUT2D eigenvalue weighted by Gasteiger charge is 2.35. The van der Waals surface area contributed by atoms with Gasteiger partial charge in [-0.1, -0.05) is 41.4 Å². The number of carboxylic acid groups (broad SMARTS) is 1. The molecule has 0 aliphatic rings. The third-order valence-corrected chi connectivity index (χ3v) is 6.28. The summed E-state index contributed by atoms with van der Waals surface area (Å²) < 4.78 is 59.5. The van der Waals surface area contributed by atoms with Gasteiger partial charge in [-0.2, -0.15) is 13.2 Å². The van der Waals surface area contributed by atoms with Crippen LogP contribution in [0.3, 0.4) is 0 Å². The van der Waals surface area contributed by atoms with E-state index in [9.17, 15) is 37.1 Å². The lowest BCUT2D eigenvalue weighted by atomic mass is 9.93. The Labute approximate surface area is 227 Å². The van der Waals surface area contributed by atoms with Gasteiger partial charge < -0.3 is 19.9 Å². The van der Waals surface area contributed by atoms with Crippen molar-refractivity contribution in [1.82, 2.24) is 0 Å². The van der Waals surface area contributed by atoms with Crippen LogP contribution in [0, 0.1) is 12.7 Å². The third-order valence-electron chi connectivity index (χ3n) is 5.86. The first-order valence-corrected chi connectivity index (χ1v) is 11.8. The van der Waals surface area contributed by atoms with Gasteiger partial charge in [-0.3, -0.25) is 4.79 Å². The molecule has 0 saturated carbocycles. The topological polar surface area (TPSA) is 117 Å². The summed E-state index contributed by atoms with van der Waals surface area (Å²) in [6.45, 7) is 1.76. The first kappa shape index (κ1) is 28.4. The highest BCUT2D eigenvalue weighted by molar-refractivity contribution is 6.35. The van der Waals surface area contributed by atoms with Gasteiger partial charge in [0, 0.05) is 28.7 Å². The van der Waals surface area contributed by atoms with Gasteiger partial charge in [0.15, 0.2) is 11.6 Å². The molecule has 0 radical (unpaired) electrons. The average Bonchev–Trinajstić information content (AvgIpc) is 2.86. The molecule has 4 aromatic rings. The highest BCUT2D eigenvalue weighted by atomic mass is 35.5. The molecule has 12 heteroatoms. The van der Waals surface area contributed by atoms with Crippen LogP contribution in [-0.2, 0) is 22.2 Å². The number of alkyl halides is 3. The molecule has 3 aromatic carbocycles. The van der Waals surface area contributed by atoms with Gasteiger partial charge in [0.25, 0.3) is 0 Å². The van der Waals surface area contributed by atoms with E-state index < -0.39 is 52.9 Å². The third kappa shape index (κ3) is 5.84. The Morgan fingerprint density at radius 2 is 1.85 bits per heavy atom. The first-order valence-electron chi connectivity index (χ1n) is 11.4. The van der Waals surface area contributed by atoms with Crippen molar-refractivity contribution in [1.29, 1.82) is 0 Å². The molecule has 0 saturated heterocycles. The molecule has 0 aliphatic heterocycles. The minimum Gasteiger partial charge on any atom is -0.505 e. The predicted octanol–water partition coefficient (Wildman–Crippen LogP) is 6.56. The number of aliphatic carboxylic acids is 1. The monoisotopic (exact) mass is 575 g/mol. The number of benzene rings is 3. The number of amides is 1. The van der Waals surface area contributed by atoms with E-state index in [1.165, 1.54) is 24.3 Å². The lowest BCUT2D eigenvalue weighted by molar-refractivity contribution is -0.137. The van der Waals surface area contributed by atoms with Crippen LogP contribution in [0.4, 0.5) is 23.2 Å². The fourth-order valence-corrected chi connectivity index (χ4v) is 4.39. The first-order chi connectivity index (χ1) is 18.8. The second kappa shape index (κ2) is 10.9. The van der Waals surface area contributed by atoms with Crippen LogP contribution >= 0.6 is 11.6 Å². The summed E-state index contributed by atoms with van der Waals surface area (Å²) in [4.78, 5) is 37.1.